The number of hydrazone groups is 1. The van der Waals surface area contributed by atoms with E-state index in [2.05, 4.69) is 36.8 Å². The fourth-order valence-corrected chi connectivity index (χ4v) is 2.12. The minimum absolute atomic E-state index is 0.0989. The highest BCUT2D eigenvalue weighted by Gasteiger charge is 2.13. The topological polar surface area (TPSA) is 86.3 Å². The average molecular weight is 351 g/mol. The zero-order valence-electron chi connectivity index (χ0n) is 11.6. The van der Waals surface area contributed by atoms with Crippen molar-refractivity contribution in [2.24, 2.45) is 5.10 Å². The average Bonchev–Trinajstić information content (AvgIpc) is 2.80. The normalized spacial score (nSPS) is 11.2. The van der Waals surface area contributed by atoms with Gasteiger partial charge in [-0.05, 0) is 32.0 Å². The van der Waals surface area contributed by atoms with Gasteiger partial charge >= 0.3 is 11.8 Å². The standard InChI is InChI=1S/C14H15BrN4O2/c1-8(2)18-13(20)14(21)19-17-7-9-6-16-12-4-3-10(15)5-11(9)12/h3-8,16H,1-2H3,(H,18,20)(H,19,21)/b17-7+. The summed E-state index contributed by atoms with van der Waals surface area (Å²) >= 11 is 3.40. The zero-order valence-corrected chi connectivity index (χ0v) is 13.2. The Balaban J connectivity index is 2.05. The molecule has 0 bridgehead atoms. The van der Waals surface area contributed by atoms with Crippen molar-refractivity contribution in [3.63, 3.8) is 0 Å². The number of nitrogens with zero attached hydrogens (tertiary/aromatic N) is 1. The van der Waals surface area contributed by atoms with Crippen LogP contribution in [0.4, 0.5) is 0 Å². The van der Waals surface area contributed by atoms with Crippen molar-refractivity contribution < 1.29 is 9.59 Å². The van der Waals surface area contributed by atoms with Crippen LogP contribution in [0.2, 0.25) is 0 Å². The van der Waals surface area contributed by atoms with E-state index in [9.17, 15) is 9.59 Å². The molecular weight excluding hydrogens is 336 g/mol. The first-order valence-electron chi connectivity index (χ1n) is 6.38. The fraction of sp³-hybridized carbons (Fsp3) is 0.214. The van der Waals surface area contributed by atoms with Gasteiger partial charge in [0.05, 0.1) is 6.21 Å². The molecule has 7 heteroatoms. The molecule has 0 aliphatic heterocycles. The third-order valence-corrected chi connectivity index (χ3v) is 3.16. The maximum absolute atomic E-state index is 11.5. The van der Waals surface area contributed by atoms with E-state index in [1.54, 1.807) is 20.0 Å². The van der Waals surface area contributed by atoms with Crippen LogP contribution in [0, 0.1) is 0 Å². The first kappa shape index (κ1) is 15.2. The van der Waals surface area contributed by atoms with Crippen LogP contribution in [0.1, 0.15) is 19.4 Å². The predicted molar refractivity (Wildman–Crippen MR) is 85.0 cm³/mol. The number of rotatable bonds is 3. The second-order valence-corrected chi connectivity index (χ2v) is 5.68. The van der Waals surface area contributed by atoms with E-state index < -0.39 is 11.8 Å². The second-order valence-electron chi connectivity index (χ2n) is 4.76. The summed E-state index contributed by atoms with van der Waals surface area (Å²) < 4.78 is 0.949. The number of benzene rings is 1. The highest BCUT2D eigenvalue weighted by Crippen LogP contribution is 2.21. The SMILES string of the molecule is CC(C)NC(=O)C(=O)N/N=C/c1c[nH]c2ccc(Br)cc12. The van der Waals surface area contributed by atoms with Gasteiger partial charge in [0.1, 0.15) is 0 Å². The van der Waals surface area contributed by atoms with Crippen molar-refractivity contribution in [2.75, 3.05) is 0 Å². The molecule has 2 rings (SSSR count). The number of hydrogen-bond acceptors (Lipinski definition) is 3. The van der Waals surface area contributed by atoms with Gasteiger partial charge in [0.2, 0.25) is 0 Å². The van der Waals surface area contributed by atoms with Gasteiger partial charge in [-0.3, -0.25) is 9.59 Å². The van der Waals surface area contributed by atoms with E-state index in [0.717, 1.165) is 20.9 Å². The number of hydrogen-bond donors (Lipinski definition) is 3. The molecule has 0 fully saturated rings. The van der Waals surface area contributed by atoms with Gasteiger partial charge in [0, 0.05) is 33.2 Å². The van der Waals surface area contributed by atoms with Crippen molar-refractivity contribution in [3.05, 3.63) is 34.4 Å². The molecule has 0 saturated carbocycles. The van der Waals surface area contributed by atoms with Gasteiger partial charge in [-0.25, -0.2) is 5.43 Å². The van der Waals surface area contributed by atoms with Gasteiger partial charge in [0.15, 0.2) is 0 Å². The number of aromatic nitrogens is 1. The van der Waals surface area contributed by atoms with Crippen molar-refractivity contribution in [1.29, 1.82) is 0 Å². The van der Waals surface area contributed by atoms with Gasteiger partial charge in [0.25, 0.3) is 0 Å². The Morgan fingerprint density at radius 2 is 2.10 bits per heavy atom. The first-order chi connectivity index (χ1) is 9.97. The number of nitrogens with one attached hydrogen (secondary N) is 3. The minimum atomic E-state index is -0.791. The summed E-state index contributed by atoms with van der Waals surface area (Å²) in [6.45, 7) is 3.55. The van der Waals surface area contributed by atoms with Gasteiger partial charge in [-0.15, -0.1) is 0 Å². The first-order valence-corrected chi connectivity index (χ1v) is 7.17. The predicted octanol–water partition coefficient (Wildman–Crippen LogP) is 1.91. The van der Waals surface area contributed by atoms with Crippen molar-refractivity contribution in [2.45, 2.75) is 19.9 Å². The molecule has 6 nitrogen and oxygen atoms in total. The van der Waals surface area contributed by atoms with E-state index in [4.69, 9.17) is 0 Å². The molecule has 0 spiro atoms. The molecule has 110 valence electrons. The van der Waals surface area contributed by atoms with Crippen LogP contribution in [-0.4, -0.2) is 29.1 Å². The zero-order chi connectivity index (χ0) is 15.4. The van der Waals surface area contributed by atoms with Crippen LogP contribution in [-0.2, 0) is 9.59 Å². The highest BCUT2D eigenvalue weighted by atomic mass is 79.9. The third kappa shape index (κ3) is 3.91. The van der Waals surface area contributed by atoms with Crippen LogP contribution in [0.15, 0.2) is 34.0 Å². The number of fused-ring (bicyclic) bond motifs is 1. The summed E-state index contributed by atoms with van der Waals surface area (Å²) in [7, 11) is 0. The fourth-order valence-electron chi connectivity index (χ4n) is 1.76. The van der Waals surface area contributed by atoms with E-state index in [0.29, 0.717) is 0 Å². The van der Waals surface area contributed by atoms with Crippen LogP contribution < -0.4 is 10.7 Å². The van der Waals surface area contributed by atoms with Crippen LogP contribution in [0.5, 0.6) is 0 Å². The van der Waals surface area contributed by atoms with Crippen molar-refractivity contribution in [3.8, 4) is 0 Å². The lowest BCUT2D eigenvalue weighted by Crippen LogP contribution is -2.41. The Morgan fingerprint density at radius 3 is 2.81 bits per heavy atom. The van der Waals surface area contributed by atoms with Crippen molar-refractivity contribution >= 4 is 44.9 Å². The van der Waals surface area contributed by atoms with Crippen LogP contribution in [0.3, 0.4) is 0 Å². The Morgan fingerprint density at radius 1 is 1.33 bits per heavy atom. The smallest absolute Gasteiger partial charge is 0.329 e. The van der Waals surface area contributed by atoms with Crippen molar-refractivity contribution in [1.82, 2.24) is 15.7 Å². The molecule has 0 atom stereocenters. The summed E-state index contributed by atoms with van der Waals surface area (Å²) in [6.07, 6.45) is 3.27. The highest BCUT2D eigenvalue weighted by molar-refractivity contribution is 9.10. The Labute approximate surface area is 130 Å². The molecule has 0 unspecified atom stereocenters. The largest absolute Gasteiger partial charge is 0.361 e. The quantitative estimate of drug-likeness (QED) is 0.448. The molecular formula is C14H15BrN4O2. The number of H-pyrrole nitrogens is 1. The summed E-state index contributed by atoms with van der Waals surface area (Å²) in [4.78, 5) is 26.0. The Hall–Kier alpha value is -2.15. The lowest BCUT2D eigenvalue weighted by molar-refractivity contribution is -0.139. The van der Waals surface area contributed by atoms with E-state index in [1.807, 2.05) is 18.2 Å². The van der Waals surface area contributed by atoms with Gasteiger partial charge in [-0.2, -0.15) is 5.10 Å². The molecule has 21 heavy (non-hydrogen) atoms. The number of amides is 2. The molecule has 0 aliphatic carbocycles. The molecule has 1 aromatic heterocycles. The van der Waals surface area contributed by atoms with Crippen LogP contribution >= 0.6 is 15.9 Å². The third-order valence-electron chi connectivity index (χ3n) is 2.67. The Kier molecular flexibility index (Phi) is 4.74. The lowest BCUT2D eigenvalue weighted by atomic mass is 10.2. The second kappa shape index (κ2) is 6.53. The maximum atomic E-state index is 11.5. The maximum Gasteiger partial charge on any atom is 0.329 e. The number of halogens is 1. The van der Waals surface area contributed by atoms with E-state index >= 15 is 0 Å². The molecule has 3 N–H and O–H groups in total. The summed E-state index contributed by atoms with van der Waals surface area (Å²) in [5.41, 5.74) is 3.98. The molecule has 1 aromatic carbocycles. The number of carbonyl (C=O) groups excluding carboxylic acids is 2. The number of aromatic amines is 1. The monoisotopic (exact) mass is 350 g/mol. The van der Waals surface area contributed by atoms with E-state index in [1.165, 1.54) is 6.21 Å². The summed E-state index contributed by atoms with van der Waals surface area (Å²) in [5, 5.41) is 7.25. The van der Waals surface area contributed by atoms with Gasteiger partial charge < -0.3 is 10.3 Å². The van der Waals surface area contributed by atoms with E-state index in [-0.39, 0.29) is 6.04 Å². The van der Waals surface area contributed by atoms with Crippen LogP contribution in [0.25, 0.3) is 10.9 Å². The Bertz CT molecular complexity index is 706. The molecule has 0 radical (unpaired) electrons. The molecule has 0 saturated heterocycles. The van der Waals surface area contributed by atoms with Gasteiger partial charge in [-0.1, -0.05) is 15.9 Å². The molecule has 2 aromatic rings. The molecule has 0 aliphatic rings. The minimum Gasteiger partial charge on any atom is -0.361 e. The summed E-state index contributed by atoms with van der Waals surface area (Å²) in [6, 6.07) is 5.71. The lowest BCUT2D eigenvalue weighted by Gasteiger charge is -2.05. The number of carbonyl (C=O) groups is 2. The molecule has 1 heterocycles. The summed E-state index contributed by atoms with van der Waals surface area (Å²) in [5.74, 6) is -1.50. The molecule has 2 amide bonds.